The van der Waals surface area contributed by atoms with Gasteiger partial charge in [-0.2, -0.15) is 0 Å². The molecule has 0 saturated carbocycles. The number of aromatic hydroxyl groups is 1. The highest BCUT2D eigenvalue weighted by molar-refractivity contribution is 5.86. The van der Waals surface area contributed by atoms with Crippen molar-refractivity contribution >= 4 is 5.91 Å². The monoisotopic (exact) mass is 530 g/mol. The molecule has 0 spiro atoms. The molecule has 2 aromatic heterocycles. The second-order valence-corrected chi connectivity index (χ2v) is 11.7. The average molecular weight is 531 g/mol. The van der Waals surface area contributed by atoms with E-state index in [0.717, 1.165) is 72.0 Å². The SMILES string of the molecule is Cc1cc(CCN2CCN(C(=O)C3(C)CCc4c(C)c(O)c(C)c(C)c4O3)CC2)nc(-n2c(C)ccc2C)c1. The van der Waals surface area contributed by atoms with Gasteiger partial charge in [0.2, 0.25) is 0 Å². The highest BCUT2D eigenvalue weighted by atomic mass is 16.5. The van der Waals surface area contributed by atoms with Gasteiger partial charge in [0, 0.05) is 68.2 Å². The van der Waals surface area contributed by atoms with E-state index in [0.29, 0.717) is 25.3 Å². The van der Waals surface area contributed by atoms with E-state index >= 15 is 0 Å². The van der Waals surface area contributed by atoms with Crippen LogP contribution in [0.5, 0.6) is 11.5 Å². The van der Waals surface area contributed by atoms with Crippen molar-refractivity contribution in [3.63, 3.8) is 0 Å². The van der Waals surface area contributed by atoms with E-state index in [2.05, 4.69) is 54.5 Å². The summed E-state index contributed by atoms with van der Waals surface area (Å²) in [5.41, 5.74) is 7.46. The Bertz CT molecular complexity index is 1400. The zero-order valence-corrected chi connectivity index (χ0v) is 24.5. The third kappa shape index (κ3) is 5.05. The molecule has 39 heavy (non-hydrogen) atoms. The summed E-state index contributed by atoms with van der Waals surface area (Å²) in [6.07, 6.45) is 2.22. The van der Waals surface area contributed by atoms with E-state index in [1.165, 1.54) is 17.0 Å². The number of hydrogen-bond donors (Lipinski definition) is 1. The molecule has 1 amide bonds. The molecule has 1 aromatic carbocycles. The van der Waals surface area contributed by atoms with Crippen molar-refractivity contribution in [3.8, 4) is 17.3 Å². The van der Waals surface area contributed by atoms with Gasteiger partial charge in [0.25, 0.3) is 5.91 Å². The van der Waals surface area contributed by atoms with E-state index in [9.17, 15) is 9.90 Å². The van der Waals surface area contributed by atoms with Crippen LogP contribution >= 0.6 is 0 Å². The number of nitrogens with zero attached hydrogens (tertiary/aromatic N) is 4. The van der Waals surface area contributed by atoms with Gasteiger partial charge < -0.3 is 19.3 Å². The Kier molecular flexibility index (Phi) is 7.23. The molecule has 7 nitrogen and oxygen atoms in total. The van der Waals surface area contributed by atoms with E-state index in [1.54, 1.807) is 0 Å². The zero-order chi connectivity index (χ0) is 28.1. The first-order valence-electron chi connectivity index (χ1n) is 14.1. The largest absolute Gasteiger partial charge is 0.507 e. The van der Waals surface area contributed by atoms with E-state index in [-0.39, 0.29) is 5.91 Å². The van der Waals surface area contributed by atoms with Gasteiger partial charge in [-0.1, -0.05) is 0 Å². The minimum Gasteiger partial charge on any atom is -0.507 e. The van der Waals surface area contributed by atoms with Gasteiger partial charge in [0.15, 0.2) is 5.60 Å². The summed E-state index contributed by atoms with van der Waals surface area (Å²) in [6.45, 7) is 18.1. The molecule has 5 rings (SSSR count). The molecule has 0 radical (unpaired) electrons. The predicted octanol–water partition coefficient (Wildman–Crippen LogP) is 4.90. The van der Waals surface area contributed by atoms with Crippen LogP contribution in [-0.2, 0) is 17.6 Å². The normalized spacial score (nSPS) is 19.6. The van der Waals surface area contributed by atoms with E-state index < -0.39 is 5.60 Å². The van der Waals surface area contributed by atoms with Crippen molar-refractivity contribution < 1.29 is 14.6 Å². The summed E-state index contributed by atoms with van der Waals surface area (Å²) in [4.78, 5) is 23.1. The Labute approximate surface area is 232 Å². The number of hydrogen-bond acceptors (Lipinski definition) is 5. The van der Waals surface area contributed by atoms with Crippen LogP contribution < -0.4 is 4.74 Å². The Morgan fingerprint density at radius 1 is 0.974 bits per heavy atom. The number of carbonyl (C=O) groups excluding carboxylic acids is 1. The van der Waals surface area contributed by atoms with Gasteiger partial charge in [0.05, 0.1) is 0 Å². The number of aromatic nitrogens is 2. The number of phenols is 1. The minimum atomic E-state index is -0.883. The Hall–Kier alpha value is -3.32. The lowest BCUT2D eigenvalue weighted by Gasteiger charge is -2.42. The molecule has 1 saturated heterocycles. The maximum atomic E-state index is 13.7. The van der Waals surface area contributed by atoms with Gasteiger partial charge in [-0.25, -0.2) is 4.98 Å². The Morgan fingerprint density at radius 3 is 2.31 bits per heavy atom. The van der Waals surface area contributed by atoms with Crippen molar-refractivity contribution in [1.82, 2.24) is 19.4 Å². The molecule has 1 atom stereocenters. The van der Waals surface area contributed by atoms with Crippen LogP contribution in [0.4, 0.5) is 0 Å². The number of carbonyl (C=O) groups is 1. The number of benzene rings is 1. The highest BCUT2D eigenvalue weighted by Gasteiger charge is 2.43. The lowest BCUT2D eigenvalue weighted by molar-refractivity contribution is -0.150. The number of rotatable bonds is 5. The number of aryl methyl sites for hydroxylation is 3. The molecular weight excluding hydrogens is 488 g/mol. The molecule has 1 unspecified atom stereocenters. The number of amides is 1. The molecule has 0 aliphatic carbocycles. The number of phenolic OH excluding ortho intramolecular Hbond substituents is 1. The third-order valence-electron chi connectivity index (χ3n) is 8.83. The molecule has 1 N–H and O–H groups in total. The van der Waals surface area contributed by atoms with E-state index in [4.69, 9.17) is 9.72 Å². The first-order valence-corrected chi connectivity index (χ1v) is 14.1. The quantitative estimate of drug-likeness (QED) is 0.508. The lowest BCUT2D eigenvalue weighted by Crippen LogP contribution is -2.57. The molecule has 3 aromatic rings. The Morgan fingerprint density at radius 2 is 1.64 bits per heavy atom. The fraction of sp³-hybridized carbons (Fsp3) is 0.500. The second-order valence-electron chi connectivity index (χ2n) is 11.7. The van der Waals surface area contributed by atoms with Crippen LogP contribution in [0.15, 0.2) is 24.3 Å². The standard InChI is InChI=1S/C32H42N4O3/c1-20-18-26(33-28(19-20)36-21(2)8-9-22(36)3)11-13-34-14-16-35(17-15-34)31(38)32(7)12-10-27-25(6)29(37)23(4)24(5)30(27)39-32/h8-9,18-19,37H,10-17H2,1-7H3. The van der Waals surface area contributed by atoms with Gasteiger partial charge in [-0.15, -0.1) is 0 Å². The summed E-state index contributed by atoms with van der Waals surface area (Å²) in [6, 6.07) is 8.59. The first-order chi connectivity index (χ1) is 18.5. The summed E-state index contributed by atoms with van der Waals surface area (Å²) in [5, 5.41) is 10.5. The number of piperazine rings is 1. The summed E-state index contributed by atoms with van der Waals surface area (Å²) >= 11 is 0. The van der Waals surface area contributed by atoms with Gasteiger partial charge in [-0.05, 0) is 101 Å². The fourth-order valence-electron chi connectivity index (χ4n) is 6.17. The van der Waals surface area contributed by atoms with Crippen LogP contribution in [0.25, 0.3) is 5.82 Å². The van der Waals surface area contributed by atoms with E-state index in [1.807, 2.05) is 32.6 Å². The van der Waals surface area contributed by atoms with Crippen LogP contribution in [0.1, 0.15) is 58.2 Å². The zero-order valence-electron chi connectivity index (χ0n) is 24.5. The maximum Gasteiger partial charge on any atom is 0.266 e. The first kappa shape index (κ1) is 27.3. The smallest absolute Gasteiger partial charge is 0.266 e. The topological polar surface area (TPSA) is 70.8 Å². The van der Waals surface area contributed by atoms with Gasteiger partial charge in [-0.3, -0.25) is 9.69 Å². The molecule has 2 aliphatic heterocycles. The minimum absolute atomic E-state index is 0.0676. The van der Waals surface area contributed by atoms with Gasteiger partial charge in [0.1, 0.15) is 17.3 Å². The average Bonchev–Trinajstić information content (AvgIpc) is 3.26. The summed E-state index contributed by atoms with van der Waals surface area (Å²) in [5.74, 6) is 2.17. The second kappa shape index (κ2) is 10.3. The summed E-state index contributed by atoms with van der Waals surface area (Å²) < 4.78 is 8.67. The third-order valence-corrected chi connectivity index (χ3v) is 8.83. The molecule has 208 valence electrons. The molecular formula is C32H42N4O3. The highest BCUT2D eigenvalue weighted by Crippen LogP contribution is 2.43. The molecule has 4 heterocycles. The van der Waals surface area contributed by atoms with Crippen molar-refractivity contribution in [2.24, 2.45) is 0 Å². The lowest BCUT2D eigenvalue weighted by atomic mass is 9.86. The maximum absolute atomic E-state index is 13.7. The number of ether oxygens (including phenoxy) is 1. The fourth-order valence-corrected chi connectivity index (χ4v) is 6.17. The van der Waals surface area contributed by atoms with Crippen LogP contribution in [0.3, 0.4) is 0 Å². The van der Waals surface area contributed by atoms with Crippen LogP contribution in [0.2, 0.25) is 0 Å². The van der Waals surface area contributed by atoms with Gasteiger partial charge >= 0.3 is 0 Å². The predicted molar refractivity (Wildman–Crippen MR) is 154 cm³/mol. The molecule has 7 heteroatoms. The number of pyridine rings is 1. The molecule has 2 aliphatic rings. The molecule has 1 fully saturated rings. The van der Waals surface area contributed by atoms with Crippen molar-refractivity contribution in [3.05, 3.63) is 69.2 Å². The van der Waals surface area contributed by atoms with Crippen LogP contribution in [-0.4, -0.2) is 68.7 Å². The number of fused-ring (bicyclic) bond motifs is 1. The Balaban J connectivity index is 1.20. The summed E-state index contributed by atoms with van der Waals surface area (Å²) in [7, 11) is 0. The van der Waals surface area contributed by atoms with Crippen molar-refractivity contribution in [1.29, 1.82) is 0 Å². The van der Waals surface area contributed by atoms with Crippen molar-refractivity contribution in [2.45, 2.75) is 73.3 Å². The van der Waals surface area contributed by atoms with Crippen LogP contribution in [0, 0.1) is 41.5 Å². The van der Waals surface area contributed by atoms with Crippen molar-refractivity contribution in [2.75, 3.05) is 32.7 Å². The molecule has 0 bridgehead atoms.